The average Bonchev–Trinajstić information content (AvgIpc) is 2.96. The molecule has 22 heavy (non-hydrogen) atoms. The van der Waals surface area contributed by atoms with Crippen molar-refractivity contribution in [1.82, 2.24) is 21.5 Å². The van der Waals surface area contributed by atoms with Crippen molar-refractivity contribution < 1.29 is 14.3 Å². The van der Waals surface area contributed by atoms with E-state index in [0.29, 0.717) is 11.6 Å². The van der Waals surface area contributed by atoms with E-state index < -0.39 is 11.9 Å². The summed E-state index contributed by atoms with van der Waals surface area (Å²) in [5, 5.41) is 16.1. The number of fused-ring (bicyclic) bond motifs is 1. The highest BCUT2D eigenvalue weighted by Crippen LogP contribution is 2.20. The van der Waals surface area contributed by atoms with Crippen LogP contribution in [0.5, 0.6) is 0 Å². The summed E-state index contributed by atoms with van der Waals surface area (Å²) in [6.45, 7) is 1.79. The second kappa shape index (κ2) is 6.70. The molecule has 2 saturated heterocycles. The highest BCUT2D eigenvalue weighted by Gasteiger charge is 2.41. The minimum absolute atomic E-state index is 0.0608. The van der Waals surface area contributed by atoms with Crippen LogP contribution < -0.4 is 21.5 Å². The number of hydrazine groups is 1. The van der Waals surface area contributed by atoms with Crippen LogP contribution in [0.1, 0.15) is 18.1 Å². The molecule has 4 unspecified atom stereocenters. The van der Waals surface area contributed by atoms with Crippen LogP contribution in [0.3, 0.4) is 0 Å². The Morgan fingerprint density at radius 2 is 2.32 bits per heavy atom. The maximum absolute atomic E-state index is 13.1. The van der Waals surface area contributed by atoms with Crippen LogP contribution in [0.25, 0.3) is 0 Å². The van der Waals surface area contributed by atoms with Crippen LogP contribution in [0.15, 0.2) is 24.3 Å². The number of nitrogens with one attached hydrogen (secondary N) is 4. The molecule has 6 nitrogen and oxygen atoms in total. The SMILES string of the molecule is O=C(NCC(O)c1cccc(F)c1)C1NNC2CCNCC21. The number of carbonyl (C=O) groups excluding carboxylic acids is 1. The van der Waals surface area contributed by atoms with E-state index in [9.17, 15) is 14.3 Å². The molecule has 5 N–H and O–H groups in total. The van der Waals surface area contributed by atoms with E-state index in [1.165, 1.54) is 18.2 Å². The molecule has 7 heteroatoms. The molecule has 2 aliphatic heterocycles. The average molecular weight is 308 g/mol. The Balaban J connectivity index is 1.54. The predicted octanol–water partition coefficient (Wildman–Crippen LogP) is -0.570. The third-order valence-corrected chi connectivity index (χ3v) is 4.37. The lowest BCUT2D eigenvalue weighted by Crippen LogP contribution is -2.49. The van der Waals surface area contributed by atoms with Crippen molar-refractivity contribution in [3.63, 3.8) is 0 Å². The molecule has 4 atom stereocenters. The number of halogens is 1. The zero-order chi connectivity index (χ0) is 15.5. The molecular formula is C15H21FN4O2. The van der Waals surface area contributed by atoms with E-state index >= 15 is 0 Å². The van der Waals surface area contributed by atoms with Gasteiger partial charge in [0.2, 0.25) is 5.91 Å². The molecule has 2 fully saturated rings. The lowest BCUT2D eigenvalue weighted by molar-refractivity contribution is -0.124. The summed E-state index contributed by atoms with van der Waals surface area (Å²) in [5.74, 6) is -0.361. The van der Waals surface area contributed by atoms with Gasteiger partial charge in [-0.3, -0.25) is 10.2 Å². The van der Waals surface area contributed by atoms with E-state index in [4.69, 9.17) is 0 Å². The highest BCUT2D eigenvalue weighted by molar-refractivity contribution is 5.82. The first-order valence-electron chi connectivity index (χ1n) is 7.58. The first-order chi connectivity index (χ1) is 10.6. The second-order valence-corrected chi connectivity index (χ2v) is 5.85. The molecule has 120 valence electrons. The number of amides is 1. The van der Waals surface area contributed by atoms with Gasteiger partial charge in [0.05, 0.1) is 6.10 Å². The summed E-state index contributed by atoms with van der Waals surface area (Å²) in [6.07, 6.45) is 0.0576. The van der Waals surface area contributed by atoms with Crippen molar-refractivity contribution >= 4 is 5.91 Å². The first kappa shape index (κ1) is 15.4. The summed E-state index contributed by atoms with van der Waals surface area (Å²) >= 11 is 0. The molecule has 0 bridgehead atoms. The molecule has 2 aliphatic rings. The summed E-state index contributed by atoms with van der Waals surface area (Å²) in [6, 6.07) is 5.74. The maximum Gasteiger partial charge on any atom is 0.238 e. The smallest absolute Gasteiger partial charge is 0.238 e. The van der Waals surface area contributed by atoms with Crippen molar-refractivity contribution in [1.29, 1.82) is 0 Å². The van der Waals surface area contributed by atoms with Gasteiger partial charge < -0.3 is 15.7 Å². The van der Waals surface area contributed by atoms with E-state index in [-0.39, 0.29) is 24.4 Å². The maximum atomic E-state index is 13.1. The number of rotatable bonds is 4. The molecular weight excluding hydrogens is 287 g/mol. The van der Waals surface area contributed by atoms with Crippen molar-refractivity contribution in [3.05, 3.63) is 35.6 Å². The second-order valence-electron chi connectivity index (χ2n) is 5.85. The number of hydrogen-bond donors (Lipinski definition) is 5. The number of carbonyl (C=O) groups is 1. The van der Waals surface area contributed by atoms with Crippen molar-refractivity contribution in [2.45, 2.75) is 24.6 Å². The van der Waals surface area contributed by atoms with Gasteiger partial charge in [0.1, 0.15) is 11.9 Å². The quantitative estimate of drug-likeness (QED) is 0.514. The Hall–Kier alpha value is -1.54. The molecule has 3 rings (SSSR count). The molecule has 0 aromatic heterocycles. The lowest BCUT2D eigenvalue weighted by Gasteiger charge is -2.27. The molecule has 1 aromatic carbocycles. The number of aliphatic hydroxyl groups is 1. The summed E-state index contributed by atoms with van der Waals surface area (Å²) in [7, 11) is 0. The fourth-order valence-corrected chi connectivity index (χ4v) is 3.11. The minimum Gasteiger partial charge on any atom is -0.387 e. The highest BCUT2D eigenvalue weighted by atomic mass is 19.1. The first-order valence-corrected chi connectivity index (χ1v) is 7.58. The summed E-state index contributed by atoms with van der Waals surface area (Å²) in [4.78, 5) is 12.3. The Morgan fingerprint density at radius 3 is 3.14 bits per heavy atom. The van der Waals surface area contributed by atoms with Gasteiger partial charge in [0, 0.05) is 25.0 Å². The standard InChI is InChI=1S/C15H21FN4O2/c16-10-3-1-2-9(6-10)13(21)8-18-15(22)14-11-7-17-5-4-12(11)19-20-14/h1-3,6,11-14,17,19-21H,4-5,7-8H2,(H,18,22). The van der Waals surface area contributed by atoms with Crippen LogP contribution in [-0.4, -0.2) is 42.7 Å². The summed E-state index contributed by atoms with van der Waals surface area (Å²) < 4.78 is 13.1. The molecule has 0 radical (unpaired) electrons. The Bertz CT molecular complexity index is 542. The number of piperidine rings is 1. The van der Waals surface area contributed by atoms with Gasteiger partial charge in [-0.15, -0.1) is 0 Å². The monoisotopic (exact) mass is 308 g/mol. The van der Waals surface area contributed by atoms with Crippen molar-refractivity contribution in [2.24, 2.45) is 5.92 Å². The van der Waals surface area contributed by atoms with Gasteiger partial charge in [-0.1, -0.05) is 12.1 Å². The molecule has 1 aromatic rings. The molecule has 2 heterocycles. The fraction of sp³-hybridized carbons (Fsp3) is 0.533. The van der Waals surface area contributed by atoms with E-state index in [1.54, 1.807) is 6.07 Å². The van der Waals surface area contributed by atoms with Gasteiger partial charge in [0.15, 0.2) is 0 Å². The minimum atomic E-state index is -0.922. The van der Waals surface area contributed by atoms with E-state index in [1.807, 2.05) is 0 Å². The van der Waals surface area contributed by atoms with Crippen molar-refractivity contribution in [3.8, 4) is 0 Å². The largest absolute Gasteiger partial charge is 0.387 e. The third kappa shape index (κ3) is 3.27. The zero-order valence-corrected chi connectivity index (χ0v) is 12.2. The van der Waals surface area contributed by atoms with Crippen LogP contribution >= 0.6 is 0 Å². The van der Waals surface area contributed by atoms with Gasteiger partial charge in [0.25, 0.3) is 0 Å². The molecule has 1 amide bonds. The van der Waals surface area contributed by atoms with Gasteiger partial charge in [-0.05, 0) is 30.7 Å². The Labute approximate surface area is 128 Å². The molecule has 0 saturated carbocycles. The van der Waals surface area contributed by atoms with E-state index in [2.05, 4.69) is 21.5 Å². The number of benzene rings is 1. The molecule has 0 spiro atoms. The predicted molar refractivity (Wildman–Crippen MR) is 79.2 cm³/mol. The van der Waals surface area contributed by atoms with Crippen LogP contribution in [0.2, 0.25) is 0 Å². The normalized spacial score (nSPS) is 28.9. The van der Waals surface area contributed by atoms with Gasteiger partial charge in [-0.2, -0.15) is 0 Å². The Kier molecular flexibility index (Phi) is 4.68. The van der Waals surface area contributed by atoms with Gasteiger partial charge in [-0.25, -0.2) is 9.82 Å². The van der Waals surface area contributed by atoms with E-state index in [0.717, 1.165) is 19.5 Å². The van der Waals surface area contributed by atoms with Crippen LogP contribution in [0, 0.1) is 11.7 Å². The zero-order valence-electron chi connectivity index (χ0n) is 12.2. The number of hydrogen-bond acceptors (Lipinski definition) is 5. The Morgan fingerprint density at radius 1 is 1.45 bits per heavy atom. The third-order valence-electron chi connectivity index (χ3n) is 4.37. The topological polar surface area (TPSA) is 85.4 Å². The van der Waals surface area contributed by atoms with Gasteiger partial charge >= 0.3 is 0 Å². The number of aliphatic hydroxyl groups excluding tert-OH is 1. The summed E-state index contributed by atoms with van der Waals surface area (Å²) in [5.41, 5.74) is 6.63. The molecule has 0 aliphatic carbocycles. The lowest BCUT2D eigenvalue weighted by atomic mass is 9.89. The van der Waals surface area contributed by atoms with Crippen LogP contribution in [0.4, 0.5) is 4.39 Å². The fourth-order valence-electron chi connectivity index (χ4n) is 3.11. The van der Waals surface area contributed by atoms with Crippen LogP contribution in [-0.2, 0) is 4.79 Å². The van der Waals surface area contributed by atoms with Crippen molar-refractivity contribution in [2.75, 3.05) is 19.6 Å².